The molecule has 0 aliphatic carbocycles. The molecule has 4 rings (SSSR count). The van der Waals surface area contributed by atoms with Crippen molar-refractivity contribution in [3.63, 3.8) is 0 Å². The van der Waals surface area contributed by atoms with E-state index >= 15 is 0 Å². The van der Waals surface area contributed by atoms with Crippen molar-refractivity contribution >= 4 is 29.1 Å². The van der Waals surface area contributed by atoms with E-state index in [0.29, 0.717) is 6.61 Å². The third-order valence-corrected chi connectivity index (χ3v) is 6.03. The average Bonchev–Trinajstić information content (AvgIpc) is 2.93. The quantitative estimate of drug-likeness (QED) is 0.271. The molecule has 14 heteroatoms. The number of pyridine rings is 1. The molecule has 2 aromatic carbocycles. The number of rotatable bonds is 10. The third kappa shape index (κ3) is 6.48. The minimum absolute atomic E-state index is 0.0180. The minimum atomic E-state index is -0.968. The number of hydrogen-bond acceptors (Lipinski definition) is 7. The van der Waals surface area contributed by atoms with E-state index in [9.17, 15) is 28.0 Å². The lowest BCUT2D eigenvalue weighted by Crippen LogP contribution is -2.42. The largest absolute Gasteiger partial charge is 0.453 e. The fourth-order valence-electron chi connectivity index (χ4n) is 3.70. The number of carbonyl (C=O) groups excluding carboxylic acids is 2. The molecule has 0 saturated heterocycles. The molecular formula is C27H22ClF2N5O6. The third-order valence-electron chi connectivity index (χ3n) is 5.66. The van der Waals surface area contributed by atoms with Crippen LogP contribution in [-0.4, -0.2) is 39.1 Å². The van der Waals surface area contributed by atoms with Gasteiger partial charge in [-0.3, -0.25) is 19.0 Å². The van der Waals surface area contributed by atoms with Gasteiger partial charge in [0.25, 0.3) is 17.4 Å². The fraction of sp³-hybridized carbons (Fsp3) is 0.148. The number of aromatic nitrogens is 3. The van der Waals surface area contributed by atoms with E-state index in [-0.39, 0.29) is 46.7 Å². The number of nitrogens with zero attached hydrogens (tertiary/aromatic N) is 3. The van der Waals surface area contributed by atoms with E-state index in [1.54, 1.807) is 6.92 Å². The zero-order valence-electron chi connectivity index (χ0n) is 21.4. The van der Waals surface area contributed by atoms with Gasteiger partial charge in [-0.1, -0.05) is 11.6 Å². The SMILES string of the molecule is CCOCCn1cc(C(=O)Nc2ccc(Oc3ccnc(C(N)=O)c3Cl)c(F)c2)c(=O)n(-c2ccc(F)cc2)c1=O. The first-order chi connectivity index (χ1) is 19.6. The van der Waals surface area contributed by atoms with Crippen molar-refractivity contribution in [1.29, 1.82) is 0 Å². The number of benzene rings is 2. The number of nitrogens with two attached hydrogens (primary N) is 1. The number of hydrogen-bond donors (Lipinski definition) is 2. The van der Waals surface area contributed by atoms with Gasteiger partial charge in [0.15, 0.2) is 11.6 Å². The first-order valence-electron chi connectivity index (χ1n) is 12.0. The van der Waals surface area contributed by atoms with Crippen LogP contribution >= 0.6 is 11.6 Å². The number of carbonyl (C=O) groups is 2. The first-order valence-corrected chi connectivity index (χ1v) is 12.4. The highest BCUT2D eigenvalue weighted by Gasteiger charge is 2.20. The maximum Gasteiger partial charge on any atom is 0.335 e. The van der Waals surface area contributed by atoms with E-state index in [2.05, 4.69) is 10.3 Å². The second kappa shape index (κ2) is 12.5. The van der Waals surface area contributed by atoms with Crippen molar-refractivity contribution in [3.8, 4) is 17.2 Å². The molecule has 0 unspecified atom stereocenters. The van der Waals surface area contributed by atoms with Gasteiger partial charge in [0.1, 0.15) is 27.8 Å². The maximum absolute atomic E-state index is 14.9. The second-order valence-corrected chi connectivity index (χ2v) is 8.75. The van der Waals surface area contributed by atoms with Crippen LogP contribution in [0.4, 0.5) is 14.5 Å². The zero-order valence-corrected chi connectivity index (χ0v) is 22.2. The molecule has 0 aliphatic heterocycles. The van der Waals surface area contributed by atoms with Crippen molar-refractivity contribution < 1.29 is 27.8 Å². The molecule has 41 heavy (non-hydrogen) atoms. The van der Waals surface area contributed by atoms with Crippen molar-refractivity contribution in [2.45, 2.75) is 13.5 Å². The second-order valence-electron chi connectivity index (χ2n) is 8.37. The Morgan fingerprint density at radius 1 is 1.07 bits per heavy atom. The van der Waals surface area contributed by atoms with Crippen LogP contribution in [0.15, 0.2) is 70.5 Å². The number of ether oxygens (including phenoxy) is 2. The summed E-state index contributed by atoms with van der Waals surface area (Å²) in [4.78, 5) is 54.6. The summed E-state index contributed by atoms with van der Waals surface area (Å²) < 4.78 is 40.9. The Labute approximate surface area is 235 Å². The van der Waals surface area contributed by atoms with E-state index in [1.807, 2.05) is 0 Å². The lowest BCUT2D eigenvalue weighted by molar-refractivity contribution is 0.0993. The Kier molecular flexibility index (Phi) is 8.90. The van der Waals surface area contributed by atoms with Crippen LogP contribution in [0.25, 0.3) is 5.69 Å². The lowest BCUT2D eigenvalue weighted by Gasteiger charge is -2.14. The summed E-state index contributed by atoms with van der Waals surface area (Å²) in [6.07, 6.45) is 2.29. The Morgan fingerprint density at radius 3 is 2.46 bits per heavy atom. The summed E-state index contributed by atoms with van der Waals surface area (Å²) in [7, 11) is 0. The molecule has 212 valence electrons. The molecule has 3 N–H and O–H groups in total. The van der Waals surface area contributed by atoms with Crippen LogP contribution in [0.3, 0.4) is 0 Å². The number of amides is 2. The normalized spacial score (nSPS) is 10.8. The van der Waals surface area contributed by atoms with E-state index < -0.39 is 40.3 Å². The summed E-state index contributed by atoms with van der Waals surface area (Å²) >= 11 is 6.07. The van der Waals surface area contributed by atoms with Crippen molar-refractivity contribution in [2.75, 3.05) is 18.5 Å². The molecule has 2 amide bonds. The van der Waals surface area contributed by atoms with Gasteiger partial charge < -0.3 is 20.5 Å². The standard InChI is InChI=1S/C27H22ClF2N5O6/c1-2-40-12-11-34-14-18(26(38)35(27(34)39)17-6-3-15(29)4-7-17)25(37)33-16-5-8-20(19(30)13-16)41-21-9-10-32-23(22(21)28)24(31)36/h3-10,13-14H,2,11-12H2,1H3,(H2,31,36)(H,33,37). The summed E-state index contributed by atoms with van der Waals surface area (Å²) in [5.74, 6) is -3.71. The zero-order chi connectivity index (χ0) is 29.7. The highest BCUT2D eigenvalue weighted by molar-refractivity contribution is 6.34. The van der Waals surface area contributed by atoms with Gasteiger partial charge in [0.2, 0.25) is 0 Å². The first kappa shape index (κ1) is 29.1. The highest BCUT2D eigenvalue weighted by atomic mass is 35.5. The topological polar surface area (TPSA) is 148 Å². The predicted molar refractivity (Wildman–Crippen MR) is 145 cm³/mol. The van der Waals surface area contributed by atoms with Crippen LogP contribution in [0.1, 0.15) is 27.8 Å². The van der Waals surface area contributed by atoms with Crippen LogP contribution in [0.5, 0.6) is 11.5 Å². The van der Waals surface area contributed by atoms with Crippen molar-refractivity contribution in [3.05, 3.63) is 110 Å². The monoisotopic (exact) mass is 585 g/mol. The van der Waals surface area contributed by atoms with Crippen LogP contribution in [-0.2, 0) is 11.3 Å². The molecule has 2 heterocycles. The Balaban J connectivity index is 1.65. The molecule has 0 spiro atoms. The molecule has 2 aromatic heterocycles. The van der Waals surface area contributed by atoms with Gasteiger partial charge in [-0.05, 0) is 43.3 Å². The predicted octanol–water partition coefficient (Wildman–Crippen LogP) is 3.51. The van der Waals surface area contributed by atoms with Crippen molar-refractivity contribution in [1.82, 2.24) is 14.1 Å². The van der Waals surface area contributed by atoms with E-state index in [1.165, 1.54) is 36.5 Å². The summed E-state index contributed by atoms with van der Waals surface area (Å²) in [5.41, 5.74) is 2.78. The molecule has 0 fully saturated rings. The highest BCUT2D eigenvalue weighted by Crippen LogP contribution is 2.33. The summed E-state index contributed by atoms with van der Waals surface area (Å²) in [5, 5.41) is 2.20. The Morgan fingerprint density at radius 2 is 1.80 bits per heavy atom. The van der Waals surface area contributed by atoms with Gasteiger partial charge in [-0.2, -0.15) is 0 Å². The van der Waals surface area contributed by atoms with Crippen molar-refractivity contribution in [2.24, 2.45) is 5.73 Å². The van der Waals surface area contributed by atoms with Gasteiger partial charge in [0, 0.05) is 36.8 Å². The molecular weight excluding hydrogens is 564 g/mol. The Hall–Kier alpha value is -4.88. The number of primary amides is 1. The van der Waals surface area contributed by atoms with Gasteiger partial charge >= 0.3 is 5.69 Å². The molecule has 4 aromatic rings. The lowest BCUT2D eigenvalue weighted by atomic mass is 10.2. The molecule has 0 aliphatic rings. The summed E-state index contributed by atoms with van der Waals surface area (Å²) in [6, 6.07) is 9.30. The molecule has 0 bridgehead atoms. The molecule has 0 atom stereocenters. The van der Waals surface area contributed by atoms with Crippen LogP contribution in [0, 0.1) is 11.6 Å². The summed E-state index contributed by atoms with van der Waals surface area (Å²) in [6.45, 7) is 2.28. The smallest absolute Gasteiger partial charge is 0.335 e. The van der Waals surface area contributed by atoms with Crippen LogP contribution < -0.4 is 27.0 Å². The average molecular weight is 586 g/mol. The maximum atomic E-state index is 14.9. The van der Waals surface area contributed by atoms with Crippen LogP contribution in [0.2, 0.25) is 5.02 Å². The Bertz CT molecular complexity index is 1740. The number of anilines is 1. The number of nitrogens with one attached hydrogen (secondary N) is 1. The van der Waals surface area contributed by atoms with Gasteiger partial charge in [0.05, 0.1) is 18.8 Å². The minimum Gasteiger partial charge on any atom is -0.453 e. The van der Waals surface area contributed by atoms with E-state index in [4.69, 9.17) is 26.8 Å². The molecule has 0 saturated carbocycles. The molecule has 0 radical (unpaired) electrons. The van der Waals surface area contributed by atoms with Gasteiger partial charge in [-0.25, -0.2) is 23.1 Å². The van der Waals surface area contributed by atoms with E-state index in [0.717, 1.165) is 33.5 Å². The molecule has 11 nitrogen and oxygen atoms in total. The number of halogens is 3. The van der Waals surface area contributed by atoms with Gasteiger partial charge in [-0.15, -0.1) is 0 Å². The fourth-order valence-corrected chi connectivity index (χ4v) is 3.94.